The Hall–Kier alpha value is -4.46. The molecule has 0 saturated heterocycles. The molecule has 2 aromatic carbocycles. The zero-order valence-electron chi connectivity index (χ0n) is 20.4. The first-order valence-electron chi connectivity index (χ1n) is 11.5. The molecule has 5 rings (SSSR count). The van der Waals surface area contributed by atoms with E-state index in [1.165, 1.54) is 24.3 Å². The molecule has 2 aromatic rings. The van der Waals surface area contributed by atoms with Crippen molar-refractivity contribution in [2.24, 2.45) is 0 Å². The van der Waals surface area contributed by atoms with Gasteiger partial charge >= 0.3 is 0 Å². The summed E-state index contributed by atoms with van der Waals surface area (Å²) in [7, 11) is 7.80. The molecule has 0 fully saturated rings. The molecule has 36 heavy (non-hydrogen) atoms. The third-order valence-electron chi connectivity index (χ3n) is 6.64. The van der Waals surface area contributed by atoms with E-state index in [9.17, 15) is 19.5 Å². The van der Waals surface area contributed by atoms with Crippen molar-refractivity contribution in [2.75, 3.05) is 38.0 Å². The van der Waals surface area contributed by atoms with Crippen LogP contribution in [0.3, 0.4) is 0 Å². The van der Waals surface area contributed by atoms with Crippen molar-refractivity contribution in [2.45, 2.75) is 12.5 Å². The Morgan fingerprint density at radius 3 is 2.36 bits per heavy atom. The lowest BCUT2D eigenvalue weighted by molar-refractivity contribution is -0.465. The quantitative estimate of drug-likeness (QED) is 0.486. The van der Waals surface area contributed by atoms with Crippen LogP contribution in [0.4, 0.5) is 11.4 Å². The van der Waals surface area contributed by atoms with Crippen molar-refractivity contribution >= 4 is 40.4 Å². The maximum absolute atomic E-state index is 12.4. The summed E-state index contributed by atoms with van der Waals surface area (Å²) in [5.41, 5.74) is 4.85. The van der Waals surface area contributed by atoms with Gasteiger partial charge in [-0.15, -0.1) is 0 Å². The maximum Gasteiger partial charge on any atom is 0.258 e. The van der Waals surface area contributed by atoms with E-state index in [4.69, 9.17) is 4.74 Å². The van der Waals surface area contributed by atoms with Gasteiger partial charge in [0.05, 0.1) is 18.1 Å². The zero-order chi connectivity index (χ0) is 25.7. The molecule has 8 nitrogen and oxygen atoms in total. The summed E-state index contributed by atoms with van der Waals surface area (Å²) in [4.78, 5) is 39.9. The van der Waals surface area contributed by atoms with E-state index in [0.717, 1.165) is 27.4 Å². The van der Waals surface area contributed by atoms with Crippen LogP contribution in [0.2, 0.25) is 0 Å². The number of benzene rings is 2. The summed E-state index contributed by atoms with van der Waals surface area (Å²) >= 11 is 0. The highest BCUT2D eigenvalue weighted by Gasteiger charge is 2.35. The fourth-order valence-electron chi connectivity index (χ4n) is 4.76. The largest absolute Gasteiger partial charge is 0.545 e. The monoisotopic (exact) mass is 483 g/mol. The van der Waals surface area contributed by atoms with Crippen molar-refractivity contribution in [3.8, 4) is 5.75 Å². The summed E-state index contributed by atoms with van der Waals surface area (Å²) in [5, 5.41) is 12.2. The minimum absolute atomic E-state index is 0.0348. The molecule has 1 atom stereocenters. The van der Waals surface area contributed by atoms with E-state index in [0.29, 0.717) is 23.3 Å². The van der Waals surface area contributed by atoms with Gasteiger partial charge in [0, 0.05) is 66.4 Å². The van der Waals surface area contributed by atoms with Crippen molar-refractivity contribution in [3.05, 3.63) is 83.0 Å². The highest BCUT2D eigenvalue weighted by Crippen LogP contribution is 2.45. The molecule has 3 aliphatic rings. The van der Waals surface area contributed by atoms with Gasteiger partial charge in [-0.2, -0.15) is 0 Å². The predicted molar refractivity (Wildman–Crippen MR) is 134 cm³/mol. The zero-order valence-corrected chi connectivity index (χ0v) is 20.4. The molecule has 2 aliphatic heterocycles. The van der Waals surface area contributed by atoms with E-state index < -0.39 is 17.8 Å². The molecule has 182 valence electrons. The third kappa shape index (κ3) is 3.80. The average molecular weight is 484 g/mol. The second-order valence-corrected chi connectivity index (χ2v) is 9.30. The first kappa shape index (κ1) is 23.3. The lowest BCUT2D eigenvalue weighted by Gasteiger charge is -2.33. The Morgan fingerprint density at radius 2 is 1.72 bits per heavy atom. The first-order valence-corrected chi connectivity index (χ1v) is 11.5. The van der Waals surface area contributed by atoms with Crippen molar-refractivity contribution < 1.29 is 28.8 Å². The predicted octanol–water partition coefficient (Wildman–Crippen LogP) is 1.78. The van der Waals surface area contributed by atoms with Gasteiger partial charge < -0.3 is 19.5 Å². The van der Waals surface area contributed by atoms with Gasteiger partial charge in [-0.25, -0.2) is 9.48 Å². The van der Waals surface area contributed by atoms with Crippen LogP contribution in [-0.4, -0.2) is 62.4 Å². The molecule has 1 unspecified atom stereocenters. The number of anilines is 2. The number of rotatable bonds is 4. The average Bonchev–Trinajstić information content (AvgIpc) is 3.18. The lowest BCUT2D eigenvalue weighted by atomic mass is 9.82. The summed E-state index contributed by atoms with van der Waals surface area (Å²) in [6.45, 7) is 0. The number of amides is 2. The molecule has 0 aromatic heterocycles. The number of fused-ring (bicyclic) bond motifs is 2. The lowest BCUT2D eigenvalue weighted by Crippen LogP contribution is -2.33. The van der Waals surface area contributed by atoms with Crippen LogP contribution < -0.4 is 19.6 Å². The number of imide groups is 1. The maximum atomic E-state index is 12.4. The highest BCUT2D eigenvalue weighted by molar-refractivity contribution is 6.28. The van der Waals surface area contributed by atoms with Gasteiger partial charge in [0.2, 0.25) is 0 Å². The summed E-state index contributed by atoms with van der Waals surface area (Å²) < 4.78 is 8.47. The number of allylic oxidation sites excluding steroid dienone is 1. The van der Waals surface area contributed by atoms with Gasteiger partial charge in [0.15, 0.2) is 5.71 Å². The number of ether oxygens (including phenoxy) is 1. The molecule has 8 heteroatoms. The summed E-state index contributed by atoms with van der Waals surface area (Å²) in [5.74, 6) is -1.68. The number of carbonyl (C=O) groups is 3. The molecule has 0 spiro atoms. The van der Waals surface area contributed by atoms with Crippen molar-refractivity contribution in [3.63, 3.8) is 0 Å². The van der Waals surface area contributed by atoms with Gasteiger partial charge in [0.25, 0.3) is 11.8 Å². The summed E-state index contributed by atoms with van der Waals surface area (Å²) in [6.07, 6.45) is 6.59. The Bertz CT molecular complexity index is 1440. The second kappa shape index (κ2) is 8.64. The summed E-state index contributed by atoms with van der Waals surface area (Å²) in [6, 6.07) is 10.2. The van der Waals surface area contributed by atoms with E-state index >= 15 is 0 Å². The number of carbonyl (C=O) groups excluding carboxylic acids is 3. The number of carboxylic acids is 1. The van der Waals surface area contributed by atoms with Crippen LogP contribution in [0.15, 0.2) is 66.3 Å². The van der Waals surface area contributed by atoms with Gasteiger partial charge in [-0.05, 0) is 35.9 Å². The Morgan fingerprint density at radius 1 is 1.00 bits per heavy atom. The Labute approximate surface area is 208 Å². The van der Waals surface area contributed by atoms with Crippen LogP contribution in [0.5, 0.6) is 5.75 Å². The third-order valence-corrected chi connectivity index (χ3v) is 6.64. The molecule has 2 amide bonds. The van der Waals surface area contributed by atoms with Gasteiger partial charge in [-0.3, -0.25) is 9.59 Å². The number of hydrogen-bond acceptors (Lipinski definition) is 6. The van der Waals surface area contributed by atoms with E-state index in [1.54, 1.807) is 6.07 Å². The number of carboxylic acid groups (broad SMARTS) is 1. The molecule has 0 radical (unpaired) electrons. The minimum Gasteiger partial charge on any atom is -0.545 e. The van der Waals surface area contributed by atoms with Crippen LogP contribution in [0.25, 0.3) is 5.57 Å². The van der Waals surface area contributed by atoms with Gasteiger partial charge in [0.1, 0.15) is 25.9 Å². The fraction of sp³-hybridized carbons (Fsp3) is 0.214. The van der Waals surface area contributed by atoms with Crippen LogP contribution in [-0.2, 0) is 9.59 Å². The first-order chi connectivity index (χ1) is 17.2. The van der Waals surface area contributed by atoms with Crippen molar-refractivity contribution in [1.29, 1.82) is 0 Å². The van der Waals surface area contributed by atoms with Gasteiger partial charge in [-0.1, -0.05) is 6.07 Å². The molecular formula is C28H25N3O5. The fourth-order valence-corrected chi connectivity index (χ4v) is 4.76. The molecule has 2 heterocycles. The molecule has 0 saturated carbocycles. The smallest absolute Gasteiger partial charge is 0.258 e. The van der Waals surface area contributed by atoms with E-state index in [1.807, 2.05) is 68.0 Å². The number of aromatic carboxylic acids is 1. The van der Waals surface area contributed by atoms with Crippen LogP contribution in [0, 0.1) is 0 Å². The van der Waals surface area contributed by atoms with Crippen LogP contribution >= 0.6 is 0 Å². The molecular weight excluding hydrogens is 458 g/mol. The SMILES string of the molecule is CN(C)c1ccc2c(c1)OC1CC(=[N+](C)C)C=CC1=C2c1cc(N2C(=O)C=CC2=O)ccc1C(=O)[O-]. The van der Waals surface area contributed by atoms with Crippen LogP contribution in [0.1, 0.15) is 27.9 Å². The van der Waals surface area contributed by atoms with E-state index in [2.05, 4.69) is 0 Å². The standard InChI is InChI=1S/C28H25N3O5/c1-29(2)16-5-9-20-23(14-16)36-24-15-17(30(3)4)6-10-21(24)27(20)22-13-18(7-8-19(22)28(34)35)31-25(32)11-12-26(31)33/h5-14,24H,15H2,1-4H3. The molecule has 0 bridgehead atoms. The normalized spacial score (nSPS) is 18.3. The van der Waals surface area contributed by atoms with Crippen molar-refractivity contribution in [1.82, 2.24) is 0 Å². The number of hydrogen-bond donors (Lipinski definition) is 0. The molecule has 1 aliphatic carbocycles. The Balaban J connectivity index is 1.79. The molecule has 0 N–H and O–H groups in total. The Kier molecular flexibility index (Phi) is 5.59. The number of nitrogens with zero attached hydrogens (tertiary/aromatic N) is 3. The van der Waals surface area contributed by atoms with E-state index in [-0.39, 0.29) is 17.4 Å². The second-order valence-electron chi connectivity index (χ2n) is 9.30. The highest BCUT2D eigenvalue weighted by atomic mass is 16.5. The topological polar surface area (TPSA) is 93.0 Å². The minimum atomic E-state index is -1.35.